The van der Waals surface area contributed by atoms with Gasteiger partial charge in [-0.15, -0.1) is 10.2 Å². The van der Waals surface area contributed by atoms with Gasteiger partial charge in [0.15, 0.2) is 21.5 Å². The van der Waals surface area contributed by atoms with Crippen LogP contribution in [0.2, 0.25) is 0 Å². The minimum atomic E-state index is -3.69. The third-order valence-electron chi connectivity index (χ3n) is 6.20. The Morgan fingerprint density at radius 1 is 0.889 bits per heavy atom. The van der Waals surface area contributed by atoms with Crippen LogP contribution in [0.4, 0.5) is 0 Å². The number of nitrogens with zero attached hydrogens (tertiary/aromatic N) is 5. The van der Waals surface area contributed by atoms with Crippen LogP contribution in [-0.2, 0) is 15.6 Å². The number of sulfone groups is 1. The number of hydrogen-bond donors (Lipinski definition) is 0. The van der Waals surface area contributed by atoms with Crippen LogP contribution in [0.3, 0.4) is 0 Å². The van der Waals surface area contributed by atoms with Gasteiger partial charge in [-0.3, -0.25) is 4.57 Å². The largest absolute Gasteiger partial charge is 0.494 e. The van der Waals surface area contributed by atoms with E-state index in [9.17, 15) is 8.42 Å². The fourth-order valence-corrected chi connectivity index (χ4v) is 5.49. The van der Waals surface area contributed by atoms with Crippen molar-refractivity contribution in [3.8, 4) is 28.6 Å². The first-order valence-corrected chi connectivity index (χ1v) is 13.2. The van der Waals surface area contributed by atoms with Crippen LogP contribution in [0.5, 0.6) is 11.5 Å². The third-order valence-corrected chi connectivity index (χ3v) is 8.40. The average Bonchev–Trinajstić information content (AvgIpc) is 3.30. The highest BCUT2D eigenvalue weighted by atomic mass is 32.2. The molecule has 0 saturated heterocycles. The minimum Gasteiger partial charge on any atom is -0.494 e. The number of rotatable bonds is 9. The highest BCUT2D eigenvalue weighted by molar-refractivity contribution is 7.91. The summed E-state index contributed by atoms with van der Waals surface area (Å²) in [6.07, 6.45) is 3.38. The first-order valence-electron chi connectivity index (χ1n) is 11.5. The average molecular weight is 508 g/mol. The summed E-state index contributed by atoms with van der Waals surface area (Å²) in [5.74, 6) is 1.45. The molecule has 0 aliphatic rings. The van der Waals surface area contributed by atoms with E-state index in [1.54, 1.807) is 56.3 Å². The van der Waals surface area contributed by atoms with Gasteiger partial charge in [-0.2, -0.15) is 0 Å². The second-order valence-corrected chi connectivity index (χ2v) is 10.9. The molecule has 2 aromatic carbocycles. The fraction of sp³-hybridized carbons (Fsp3) is 0.308. The second kappa shape index (κ2) is 10.4. The maximum absolute atomic E-state index is 13.6. The normalized spacial score (nSPS) is 13.2. The standard InChI is InChI=1S/C26H29N5O4S/c1-17-14-27-25(28-15-17)18(2)19(3)36(32,33)16-23-29-30-26(20-10-7-6-8-11-20)31(23)24-21(34-4)12-9-13-22(24)35-5/h6-15,18-19H,16H2,1-5H3/t18-,19-/m0/s1. The molecule has 10 heteroatoms. The summed E-state index contributed by atoms with van der Waals surface area (Å²) in [7, 11) is -0.598. The van der Waals surface area contributed by atoms with Crippen molar-refractivity contribution in [1.82, 2.24) is 24.7 Å². The Balaban J connectivity index is 1.81. The van der Waals surface area contributed by atoms with E-state index in [2.05, 4.69) is 20.2 Å². The van der Waals surface area contributed by atoms with Gasteiger partial charge in [-0.25, -0.2) is 18.4 Å². The lowest BCUT2D eigenvalue weighted by molar-refractivity contribution is 0.390. The lowest BCUT2D eigenvalue weighted by Crippen LogP contribution is -2.27. The van der Waals surface area contributed by atoms with Crippen molar-refractivity contribution in [2.45, 2.75) is 37.7 Å². The number of ether oxygens (including phenoxy) is 2. The first kappa shape index (κ1) is 25.3. The Kier molecular flexibility index (Phi) is 7.35. The van der Waals surface area contributed by atoms with E-state index >= 15 is 0 Å². The zero-order chi connectivity index (χ0) is 25.9. The van der Waals surface area contributed by atoms with E-state index in [0.717, 1.165) is 11.1 Å². The molecule has 188 valence electrons. The second-order valence-electron chi connectivity index (χ2n) is 8.57. The van der Waals surface area contributed by atoms with Crippen LogP contribution in [0, 0.1) is 6.92 Å². The van der Waals surface area contributed by atoms with Crippen molar-refractivity contribution in [2.24, 2.45) is 0 Å². The molecule has 0 aliphatic carbocycles. The summed E-state index contributed by atoms with van der Waals surface area (Å²) in [6.45, 7) is 5.37. The zero-order valence-corrected chi connectivity index (χ0v) is 21.7. The number of aromatic nitrogens is 5. The van der Waals surface area contributed by atoms with Gasteiger partial charge in [-0.05, 0) is 31.5 Å². The number of aryl methyl sites for hydroxylation is 1. The summed E-state index contributed by atoms with van der Waals surface area (Å²) in [4.78, 5) is 8.66. The highest BCUT2D eigenvalue weighted by Gasteiger charge is 2.32. The molecule has 36 heavy (non-hydrogen) atoms. The van der Waals surface area contributed by atoms with Crippen molar-refractivity contribution >= 4 is 9.84 Å². The van der Waals surface area contributed by atoms with E-state index in [1.165, 1.54) is 0 Å². The fourth-order valence-electron chi connectivity index (χ4n) is 3.94. The van der Waals surface area contributed by atoms with Gasteiger partial charge in [-0.1, -0.05) is 43.3 Å². The smallest absolute Gasteiger partial charge is 0.168 e. The number of methoxy groups -OCH3 is 2. The molecule has 4 aromatic rings. The highest BCUT2D eigenvalue weighted by Crippen LogP contribution is 2.37. The molecule has 2 aromatic heterocycles. The summed E-state index contributed by atoms with van der Waals surface area (Å²) >= 11 is 0. The Labute approximate surface area is 211 Å². The summed E-state index contributed by atoms with van der Waals surface area (Å²) in [5.41, 5.74) is 2.21. The predicted octanol–water partition coefficient (Wildman–Crippen LogP) is 4.16. The molecule has 0 radical (unpaired) electrons. The van der Waals surface area contributed by atoms with Crippen LogP contribution < -0.4 is 9.47 Å². The Morgan fingerprint density at radius 3 is 2.08 bits per heavy atom. The van der Waals surface area contributed by atoms with E-state index in [4.69, 9.17) is 9.47 Å². The third kappa shape index (κ3) is 4.94. The molecule has 9 nitrogen and oxygen atoms in total. The SMILES string of the molecule is COc1cccc(OC)c1-n1c(CS(=O)(=O)[C@@H](C)[C@H](C)c2ncc(C)cn2)nnc1-c1ccccc1. The van der Waals surface area contributed by atoms with Gasteiger partial charge in [0.1, 0.15) is 28.8 Å². The molecule has 0 fully saturated rings. The quantitative estimate of drug-likeness (QED) is 0.332. The van der Waals surface area contributed by atoms with Gasteiger partial charge in [0.2, 0.25) is 0 Å². The predicted molar refractivity (Wildman–Crippen MR) is 137 cm³/mol. The summed E-state index contributed by atoms with van der Waals surface area (Å²) in [5, 5.41) is 7.95. The number of benzene rings is 2. The van der Waals surface area contributed by atoms with Crippen molar-refractivity contribution in [3.05, 3.63) is 78.1 Å². The monoisotopic (exact) mass is 507 g/mol. The molecule has 0 amide bonds. The molecular formula is C26H29N5O4S. The Morgan fingerprint density at radius 2 is 1.50 bits per heavy atom. The molecule has 0 bridgehead atoms. The molecular weight excluding hydrogens is 478 g/mol. The Bertz CT molecular complexity index is 1410. The lowest BCUT2D eigenvalue weighted by atomic mass is 10.1. The number of hydrogen-bond acceptors (Lipinski definition) is 8. The van der Waals surface area contributed by atoms with Crippen molar-refractivity contribution < 1.29 is 17.9 Å². The maximum atomic E-state index is 13.6. The van der Waals surface area contributed by atoms with Gasteiger partial charge in [0, 0.05) is 23.9 Å². The van der Waals surface area contributed by atoms with E-state index in [0.29, 0.717) is 28.8 Å². The van der Waals surface area contributed by atoms with Crippen LogP contribution in [0.1, 0.15) is 37.0 Å². The minimum absolute atomic E-state index is 0.250. The van der Waals surface area contributed by atoms with Crippen LogP contribution in [0.15, 0.2) is 60.9 Å². The van der Waals surface area contributed by atoms with E-state index in [1.807, 2.05) is 44.2 Å². The van der Waals surface area contributed by atoms with E-state index < -0.39 is 21.0 Å². The molecule has 0 unspecified atom stereocenters. The lowest BCUT2D eigenvalue weighted by Gasteiger charge is -2.20. The summed E-state index contributed by atoms with van der Waals surface area (Å²) < 4.78 is 40.2. The zero-order valence-electron chi connectivity index (χ0n) is 20.9. The number of para-hydroxylation sites is 1. The molecule has 0 saturated carbocycles. The summed E-state index contributed by atoms with van der Waals surface area (Å²) in [6, 6.07) is 14.8. The van der Waals surface area contributed by atoms with Crippen molar-refractivity contribution in [3.63, 3.8) is 0 Å². The topological polar surface area (TPSA) is 109 Å². The van der Waals surface area contributed by atoms with Gasteiger partial charge in [0.25, 0.3) is 0 Å². The Hall–Kier alpha value is -3.79. The molecule has 0 aliphatic heterocycles. The van der Waals surface area contributed by atoms with Crippen molar-refractivity contribution in [1.29, 1.82) is 0 Å². The van der Waals surface area contributed by atoms with E-state index in [-0.39, 0.29) is 11.6 Å². The molecule has 2 atom stereocenters. The van der Waals surface area contributed by atoms with Crippen LogP contribution >= 0.6 is 0 Å². The van der Waals surface area contributed by atoms with Crippen molar-refractivity contribution in [2.75, 3.05) is 14.2 Å². The maximum Gasteiger partial charge on any atom is 0.168 e. The van der Waals surface area contributed by atoms with Crippen LogP contribution in [-0.4, -0.2) is 52.6 Å². The van der Waals surface area contributed by atoms with Gasteiger partial charge < -0.3 is 9.47 Å². The molecule has 4 rings (SSSR count). The van der Waals surface area contributed by atoms with Gasteiger partial charge >= 0.3 is 0 Å². The molecule has 2 heterocycles. The van der Waals surface area contributed by atoms with Gasteiger partial charge in [0.05, 0.1) is 19.5 Å². The van der Waals surface area contributed by atoms with Crippen LogP contribution in [0.25, 0.3) is 17.1 Å². The first-order chi connectivity index (χ1) is 17.3. The molecule has 0 spiro atoms. The molecule has 0 N–H and O–H groups in total.